The molecule has 76 heavy (non-hydrogen) atoms. The molecule has 4 unspecified atom stereocenters. The fourth-order valence-corrected chi connectivity index (χ4v) is 9.21. The van der Waals surface area contributed by atoms with Crippen LogP contribution in [0.25, 0.3) is 0 Å². The van der Waals surface area contributed by atoms with Gasteiger partial charge in [-0.05, 0) is 153 Å². The summed E-state index contributed by atoms with van der Waals surface area (Å²) in [4.78, 5) is 43.7. The lowest BCUT2D eigenvalue weighted by atomic mass is 9.84. The van der Waals surface area contributed by atoms with Crippen LogP contribution in [0.1, 0.15) is 245 Å². The third-order valence-electron chi connectivity index (χ3n) is 10.7. The second-order valence-corrected chi connectivity index (χ2v) is 27.8. The van der Waals surface area contributed by atoms with Gasteiger partial charge in [-0.2, -0.15) is 0 Å². The molecule has 0 fully saturated rings. The average Bonchev–Trinajstić information content (AvgIpc) is 3.21. The molecule has 5 N–H and O–H groups in total. The molecule has 2 amide bonds. The molecule has 0 aromatic carbocycles. The summed E-state index contributed by atoms with van der Waals surface area (Å²) in [7, 11) is 1.77. The average molecular weight is 1100 g/mol. The van der Waals surface area contributed by atoms with Crippen molar-refractivity contribution in [2.24, 2.45) is 81.3 Å². The molecule has 0 radical (unpaired) electrons. The largest absolute Gasteiger partial charge is 0.465 e. The van der Waals surface area contributed by atoms with Crippen LogP contribution in [0, 0.1) is 81.3 Å². The summed E-state index contributed by atoms with van der Waals surface area (Å²) in [5.74, 6) is 7.00. The van der Waals surface area contributed by atoms with Crippen LogP contribution in [-0.2, 0) is 38.3 Å². The minimum absolute atomic E-state index is 0.0718. The van der Waals surface area contributed by atoms with Gasteiger partial charge in [-0.25, -0.2) is 4.89 Å². The van der Waals surface area contributed by atoms with Gasteiger partial charge in [0.1, 0.15) is 5.60 Å². The lowest BCUT2D eigenvalue weighted by Crippen LogP contribution is -2.29. The molecule has 0 aliphatic carbocycles. The van der Waals surface area contributed by atoms with Gasteiger partial charge in [-0.3, -0.25) is 24.4 Å². The number of nitrogens with one attached hydrogen (secondary N) is 2. The number of hydrogen-bond acceptors (Lipinski definition) is 11. The van der Waals surface area contributed by atoms with Crippen molar-refractivity contribution in [1.82, 2.24) is 10.6 Å². The van der Waals surface area contributed by atoms with E-state index >= 15 is 0 Å². The Morgan fingerprint density at radius 2 is 0.842 bits per heavy atom. The van der Waals surface area contributed by atoms with Crippen LogP contribution in [0.2, 0.25) is 0 Å². The molecule has 0 rings (SSSR count). The second kappa shape index (κ2) is 56.0. The minimum Gasteiger partial charge on any atom is -0.465 e. The van der Waals surface area contributed by atoms with Crippen LogP contribution in [0.5, 0.6) is 0 Å². The van der Waals surface area contributed by atoms with E-state index in [1.54, 1.807) is 7.11 Å². The Bertz CT molecular complexity index is 1220. The number of rotatable bonds is 32. The van der Waals surface area contributed by atoms with Crippen LogP contribution >= 0.6 is 0 Å². The summed E-state index contributed by atoms with van der Waals surface area (Å²) in [6.45, 7) is 64.3. The number of carbonyl (C=O) groups is 4. The Morgan fingerprint density at radius 3 is 1.13 bits per heavy atom. The predicted molar refractivity (Wildman–Crippen MR) is 325 cm³/mol. The minimum atomic E-state index is -0.296. The summed E-state index contributed by atoms with van der Waals surface area (Å²) in [6, 6.07) is 0. The third-order valence-corrected chi connectivity index (χ3v) is 10.7. The monoisotopic (exact) mass is 1100 g/mol. The summed E-state index contributed by atoms with van der Waals surface area (Å²) in [5.41, 5.74) is 0.405. The number of methoxy groups -OCH3 is 1. The van der Waals surface area contributed by atoms with E-state index in [1.165, 1.54) is 12.8 Å². The zero-order valence-corrected chi connectivity index (χ0v) is 55.7. The van der Waals surface area contributed by atoms with Crippen molar-refractivity contribution in [1.29, 1.82) is 0 Å². The van der Waals surface area contributed by atoms with Gasteiger partial charge in [0, 0.05) is 33.4 Å². The summed E-state index contributed by atoms with van der Waals surface area (Å²) < 4.78 is 14.6. The van der Waals surface area contributed by atoms with E-state index in [9.17, 15) is 19.2 Å². The number of aliphatic hydroxyl groups is 2. The van der Waals surface area contributed by atoms with Crippen LogP contribution in [-0.4, -0.2) is 99.6 Å². The number of aliphatic hydroxyl groups excluding tert-OH is 2. The fourth-order valence-electron chi connectivity index (χ4n) is 9.21. The summed E-state index contributed by atoms with van der Waals surface area (Å²) in [5, 5.41) is 30.9. The second-order valence-electron chi connectivity index (χ2n) is 27.8. The highest BCUT2D eigenvalue weighted by molar-refractivity contribution is 5.46. The van der Waals surface area contributed by atoms with Crippen LogP contribution < -0.4 is 10.6 Å². The van der Waals surface area contributed by atoms with E-state index in [0.717, 1.165) is 88.8 Å². The van der Waals surface area contributed by atoms with E-state index in [1.807, 2.05) is 20.8 Å². The normalized spacial score (nSPS) is 12.9. The number of ether oxygens (including phenoxy) is 3. The Labute approximate surface area is 473 Å². The van der Waals surface area contributed by atoms with Crippen LogP contribution in [0.4, 0.5) is 0 Å². The first kappa shape index (κ1) is 90.2. The van der Waals surface area contributed by atoms with Gasteiger partial charge < -0.3 is 35.1 Å². The summed E-state index contributed by atoms with van der Waals surface area (Å²) >= 11 is 0. The molecular weight excluding hydrogens is 961 g/mol. The molecule has 13 heteroatoms. The van der Waals surface area contributed by atoms with Gasteiger partial charge >= 0.3 is 0 Å². The molecule has 13 nitrogen and oxygen atoms in total. The predicted octanol–water partition coefficient (Wildman–Crippen LogP) is 15.4. The zero-order valence-electron chi connectivity index (χ0n) is 55.7. The maximum absolute atomic E-state index is 10.0. The van der Waals surface area contributed by atoms with Gasteiger partial charge in [0.2, 0.25) is 12.8 Å². The number of carbonyl (C=O) groups excluding carboxylic acids is 4. The number of hydrogen-bond donors (Lipinski definition) is 5. The lowest BCUT2D eigenvalue weighted by molar-refractivity contribution is -0.250. The SMILES string of the molecule is CC(C)CC(C)(C)CNC=O.CC(C)CC(C)(C)CO.CC(C)CC(C)(C)OC=O.CC(C)CC(C)CNC=O.CC(C)CC(C)CO.CC(C)CC(C)COO.CC(C)CC(C)OC=O.COCC(C)(C)CC(C)C. The quantitative estimate of drug-likeness (QED) is 0.0245. The molecule has 4 atom stereocenters. The third kappa shape index (κ3) is 94.1. The Hall–Kier alpha value is -2.32. The van der Waals surface area contributed by atoms with E-state index in [2.05, 4.69) is 193 Å². The highest BCUT2D eigenvalue weighted by Gasteiger charge is 2.21. The van der Waals surface area contributed by atoms with Gasteiger partial charge in [0.15, 0.2) is 0 Å². The van der Waals surface area contributed by atoms with Crippen molar-refractivity contribution < 1.29 is 53.7 Å². The Morgan fingerprint density at radius 1 is 0.461 bits per heavy atom. The van der Waals surface area contributed by atoms with Crippen molar-refractivity contribution in [3.05, 3.63) is 0 Å². The van der Waals surface area contributed by atoms with E-state index in [0.29, 0.717) is 85.5 Å². The van der Waals surface area contributed by atoms with Crippen LogP contribution in [0.15, 0.2) is 0 Å². The van der Waals surface area contributed by atoms with Crippen molar-refractivity contribution in [2.75, 3.05) is 46.6 Å². The van der Waals surface area contributed by atoms with Crippen molar-refractivity contribution >= 4 is 25.8 Å². The zero-order chi connectivity index (χ0) is 61.9. The smallest absolute Gasteiger partial charge is 0.293 e. The van der Waals surface area contributed by atoms with E-state index < -0.39 is 0 Å². The highest BCUT2D eigenvalue weighted by atomic mass is 17.1. The fraction of sp³-hybridized carbons (Fsp3) is 0.937. The molecule has 0 heterocycles. The first-order chi connectivity index (χ1) is 34.6. The van der Waals surface area contributed by atoms with Gasteiger partial charge in [0.05, 0.1) is 19.3 Å². The molecular formula is C63H136N2O11. The first-order valence-corrected chi connectivity index (χ1v) is 29.1. The highest BCUT2D eigenvalue weighted by Crippen LogP contribution is 2.26. The lowest BCUT2D eigenvalue weighted by Gasteiger charge is -2.25. The first-order valence-electron chi connectivity index (χ1n) is 29.1. The molecule has 0 aromatic rings. The van der Waals surface area contributed by atoms with E-state index in [-0.39, 0.29) is 22.5 Å². The maximum atomic E-state index is 10.0. The molecule has 0 saturated carbocycles. The van der Waals surface area contributed by atoms with Crippen LogP contribution in [0.3, 0.4) is 0 Å². The molecule has 0 aliphatic heterocycles. The molecule has 0 bridgehead atoms. The van der Waals surface area contributed by atoms with Crippen molar-refractivity contribution in [3.63, 3.8) is 0 Å². The molecule has 0 aromatic heterocycles. The molecule has 0 aliphatic rings. The maximum Gasteiger partial charge on any atom is 0.293 e. The van der Waals surface area contributed by atoms with Gasteiger partial charge in [0.25, 0.3) is 12.9 Å². The van der Waals surface area contributed by atoms with E-state index in [4.69, 9.17) is 24.9 Å². The number of amides is 2. The van der Waals surface area contributed by atoms with Gasteiger partial charge in [-0.15, -0.1) is 0 Å². The summed E-state index contributed by atoms with van der Waals surface area (Å²) in [6.07, 6.45) is 10.4. The molecule has 464 valence electrons. The molecule has 0 spiro atoms. The van der Waals surface area contributed by atoms with Crippen molar-refractivity contribution in [3.8, 4) is 0 Å². The standard InChI is InChI=1S/C9H19NO.C9H20O.C8H17NO.C8H16O2.C8H18O.C7H14O2.C7H16O2.C7H16O/c1-8(2)5-9(3,4)6-10-7-11;1-8(2)6-9(3,4)7-10-5;1-7(2)4-8(3)5-9-6-10;1-7(2)5-8(3,4)10-6-9;1-7(2)5-8(3,4)6-9;1-6(2)4-7(3)9-5-8;1-6(2)4-7(3)5-9-8;1-6(2)4-7(3)5-8/h7-8H,5-6H2,1-4H3,(H,10,11);8H,6-7H2,1-5H3;6-8H,4-5H2,1-3H3,(H,9,10);6-7H,5H2,1-4H3;7,9H,5-6H2,1-4H3;5-7H,4H2,1-3H3;6-8H,4-5H2,1-3H3;6-8H,4-5H2,1-3H3. The molecule has 0 saturated heterocycles. The van der Waals surface area contributed by atoms with Gasteiger partial charge in [-0.1, -0.05) is 173 Å². The Kier molecular flexibility index (Phi) is 66.4. The topological polar surface area (TPSA) is 190 Å². The Balaban J connectivity index is -0.000000116. The van der Waals surface area contributed by atoms with Crippen molar-refractivity contribution in [2.45, 2.75) is 257 Å².